The van der Waals surface area contributed by atoms with Gasteiger partial charge in [0, 0.05) is 29.1 Å². The lowest BCUT2D eigenvalue weighted by Crippen LogP contribution is -2.13. The Labute approximate surface area is 151 Å². The molecule has 0 aliphatic heterocycles. The molecular formula is C19H18ClN3O2. The summed E-state index contributed by atoms with van der Waals surface area (Å²) in [5.74, 6) is 0.777. The zero-order valence-electron chi connectivity index (χ0n) is 13.8. The number of hydrogen-bond donors (Lipinski definition) is 1. The van der Waals surface area contributed by atoms with Gasteiger partial charge in [0.15, 0.2) is 0 Å². The van der Waals surface area contributed by atoms with Crippen LogP contribution in [0.4, 0.5) is 5.69 Å². The number of carbonyl (C=O) groups is 1. The van der Waals surface area contributed by atoms with E-state index in [2.05, 4.69) is 22.4 Å². The van der Waals surface area contributed by atoms with Crippen molar-refractivity contribution in [3.63, 3.8) is 0 Å². The Bertz CT molecular complexity index is 859. The second-order valence-electron chi connectivity index (χ2n) is 5.57. The molecule has 1 amide bonds. The lowest BCUT2D eigenvalue weighted by molar-refractivity contribution is -0.116. The predicted molar refractivity (Wildman–Crippen MR) is 97.5 cm³/mol. The fraction of sp³-hybridized carbons (Fsp3) is 0.211. The van der Waals surface area contributed by atoms with Crippen LogP contribution in [0.1, 0.15) is 24.8 Å². The molecule has 128 valence electrons. The van der Waals surface area contributed by atoms with Crippen LogP contribution in [0.5, 0.6) is 0 Å². The average molecular weight is 356 g/mol. The molecule has 0 unspecified atom stereocenters. The molecule has 0 aliphatic carbocycles. The summed E-state index contributed by atoms with van der Waals surface area (Å²) in [6.07, 6.45) is 1.53. The summed E-state index contributed by atoms with van der Waals surface area (Å²) in [7, 11) is 0. The van der Waals surface area contributed by atoms with Crippen molar-refractivity contribution in [2.24, 2.45) is 0 Å². The Hall–Kier alpha value is -2.66. The van der Waals surface area contributed by atoms with Crippen molar-refractivity contribution in [1.29, 1.82) is 0 Å². The molecule has 5 nitrogen and oxygen atoms in total. The highest BCUT2D eigenvalue weighted by atomic mass is 35.5. The monoisotopic (exact) mass is 355 g/mol. The number of rotatable bonds is 6. The van der Waals surface area contributed by atoms with E-state index in [0.717, 1.165) is 23.2 Å². The Morgan fingerprint density at radius 2 is 1.88 bits per heavy atom. The van der Waals surface area contributed by atoms with Gasteiger partial charge in [-0.3, -0.25) is 4.79 Å². The number of nitrogens with zero attached hydrogens (tertiary/aromatic N) is 2. The van der Waals surface area contributed by atoms with E-state index in [1.165, 1.54) is 0 Å². The first-order chi connectivity index (χ1) is 12.2. The minimum Gasteiger partial charge on any atom is -0.421 e. The van der Waals surface area contributed by atoms with Gasteiger partial charge in [0.2, 0.25) is 17.7 Å². The number of para-hydroxylation sites is 1. The van der Waals surface area contributed by atoms with Gasteiger partial charge in [0.1, 0.15) is 0 Å². The number of aromatic nitrogens is 2. The zero-order chi connectivity index (χ0) is 17.6. The lowest BCUT2D eigenvalue weighted by Gasteiger charge is -2.08. The smallest absolute Gasteiger partial charge is 0.247 e. The summed E-state index contributed by atoms with van der Waals surface area (Å²) in [5, 5.41) is 11.6. The Kier molecular flexibility index (Phi) is 5.46. The molecule has 0 radical (unpaired) electrons. The number of benzene rings is 2. The van der Waals surface area contributed by atoms with Crippen molar-refractivity contribution >= 4 is 23.2 Å². The van der Waals surface area contributed by atoms with Crippen molar-refractivity contribution in [2.45, 2.75) is 26.2 Å². The third kappa shape index (κ3) is 4.45. The predicted octanol–water partition coefficient (Wildman–Crippen LogP) is 4.52. The minimum atomic E-state index is -0.0767. The van der Waals surface area contributed by atoms with E-state index in [9.17, 15) is 4.79 Å². The number of amides is 1. The minimum absolute atomic E-state index is 0.0767. The molecule has 1 aromatic heterocycles. The van der Waals surface area contributed by atoms with Crippen LogP contribution in [-0.4, -0.2) is 16.1 Å². The lowest BCUT2D eigenvalue weighted by atomic mass is 10.1. The van der Waals surface area contributed by atoms with Gasteiger partial charge in [-0.2, -0.15) is 0 Å². The number of halogens is 1. The van der Waals surface area contributed by atoms with Crippen LogP contribution in [0.2, 0.25) is 5.02 Å². The van der Waals surface area contributed by atoms with E-state index in [0.29, 0.717) is 23.2 Å². The van der Waals surface area contributed by atoms with Crippen molar-refractivity contribution in [1.82, 2.24) is 10.2 Å². The number of anilines is 1. The zero-order valence-corrected chi connectivity index (χ0v) is 14.6. The molecule has 0 bridgehead atoms. The quantitative estimate of drug-likeness (QED) is 0.705. The maximum Gasteiger partial charge on any atom is 0.247 e. The summed E-state index contributed by atoms with van der Waals surface area (Å²) in [6, 6.07) is 14.9. The van der Waals surface area contributed by atoms with Gasteiger partial charge >= 0.3 is 0 Å². The van der Waals surface area contributed by atoms with Gasteiger partial charge in [-0.1, -0.05) is 36.7 Å². The van der Waals surface area contributed by atoms with E-state index < -0.39 is 0 Å². The largest absolute Gasteiger partial charge is 0.421 e. The summed E-state index contributed by atoms with van der Waals surface area (Å²) in [5.41, 5.74) is 2.76. The van der Waals surface area contributed by atoms with Crippen LogP contribution in [0.3, 0.4) is 0 Å². The number of nitrogens with one attached hydrogen (secondary N) is 1. The van der Waals surface area contributed by atoms with Crippen molar-refractivity contribution in [2.75, 3.05) is 5.32 Å². The van der Waals surface area contributed by atoms with Crippen LogP contribution in [0.15, 0.2) is 52.9 Å². The second kappa shape index (κ2) is 7.94. The molecule has 0 spiro atoms. The van der Waals surface area contributed by atoms with Gasteiger partial charge in [-0.15, -0.1) is 10.2 Å². The summed E-state index contributed by atoms with van der Waals surface area (Å²) in [6.45, 7) is 2.06. The highest BCUT2D eigenvalue weighted by molar-refractivity contribution is 6.30. The van der Waals surface area contributed by atoms with Crippen molar-refractivity contribution in [3.8, 4) is 11.5 Å². The maximum atomic E-state index is 12.2. The van der Waals surface area contributed by atoms with E-state index >= 15 is 0 Å². The molecular weight excluding hydrogens is 338 g/mol. The summed E-state index contributed by atoms with van der Waals surface area (Å²) >= 11 is 5.87. The molecule has 3 aromatic rings. The first-order valence-electron chi connectivity index (χ1n) is 8.12. The van der Waals surface area contributed by atoms with Gasteiger partial charge in [-0.25, -0.2) is 0 Å². The van der Waals surface area contributed by atoms with Crippen LogP contribution in [0.25, 0.3) is 11.5 Å². The fourth-order valence-electron chi connectivity index (χ4n) is 2.45. The SMILES string of the molecule is CCc1ccccc1NC(=O)CCc1nnc(-c2ccc(Cl)cc2)o1. The molecule has 2 aromatic carbocycles. The van der Waals surface area contributed by atoms with Gasteiger partial charge in [0.05, 0.1) is 0 Å². The summed E-state index contributed by atoms with van der Waals surface area (Å²) in [4.78, 5) is 12.2. The van der Waals surface area contributed by atoms with E-state index in [4.69, 9.17) is 16.0 Å². The average Bonchev–Trinajstić information content (AvgIpc) is 3.10. The standard InChI is InChI=1S/C19H18ClN3O2/c1-2-13-5-3-4-6-16(13)21-17(24)11-12-18-22-23-19(25-18)14-7-9-15(20)10-8-14/h3-10H,2,11-12H2,1H3,(H,21,24). The van der Waals surface area contributed by atoms with Crippen molar-refractivity contribution < 1.29 is 9.21 Å². The maximum absolute atomic E-state index is 12.2. The summed E-state index contributed by atoms with van der Waals surface area (Å²) < 4.78 is 5.61. The number of aryl methyl sites for hydroxylation is 2. The van der Waals surface area contributed by atoms with Gasteiger partial charge in [-0.05, 0) is 42.3 Å². The normalized spacial score (nSPS) is 10.6. The molecule has 0 atom stereocenters. The molecule has 0 fully saturated rings. The highest BCUT2D eigenvalue weighted by Crippen LogP contribution is 2.21. The Morgan fingerprint density at radius 1 is 1.12 bits per heavy atom. The van der Waals surface area contributed by atoms with E-state index in [1.807, 2.05) is 36.4 Å². The molecule has 0 saturated carbocycles. The molecule has 0 aliphatic rings. The molecule has 0 saturated heterocycles. The first kappa shape index (κ1) is 17.2. The van der Waals surface area contributed by atoms with Gasteiger partial charge in [0.25, 0.3) is 0 Å². The topological polar surface area (TPSA) is 68.0 Å². The van der Waals surface area contributed by atoms with Crippen LogP contribution in [0, 0.1) is 0 Å². The second-order valence-corrected chi connectivity index (χ2v) is 6.00. The first-order valence-corrected chi connectivity index (χ1v) is 8.49. The Morgan fingerprint density at radius 3 is 2.64 bits per heavy atom. The van der Waals surface area contributed by atoms with E-state index in [-0.39, 0.29) is 12.3 Å². The van der Waals surface area contributed by atoms with E-state index in [1.54, 1.807) is 12.1 Å². The molecule has 1 N–H and O–H groups in total. The molecule has 25 heavy (non-hydrogen) atoms. The van der Waals surface area contributed by atoms with Crippen LogP contribution >= 0.6 is 11.6 Å². The van der Waals surface area contributed by atoms with Gasteiger partial charge < -0.3 is 9.73 Å². The van der Waals surface area contributed by atoms with Crippen molar-refractivity contribution in [3.05, 3.63) is 65.0 Å². The van der Waals surface area contributed by atoms with Crippen LogP contribution < -0.4 is 5.32 Å². The number of hydrogen-bond acceptors (Lipinski definition) is 4. The number of carbonyl (C=O) groups excluding carboxylic acids is 1. The third-order valence-electron chi connectivity index (χ3n) is 3.80. The third-order valence-corrected chi connectivity index (χ3v) is 4.05. The van der Waals surface area contributed by atoms with Crippen LogP contribution in [-0.2, 0) is 17.6 Å². The highest BCUT2D eigenvalue weighted by Gasteiger charge is 2.11. The Balaban J connectivity index is 1.58. The fourth-order valence-corrected chi connectivity index (χ4v) is 2.57. The molecule has 1 heterocycles. The molecule has 3 rings (SSSR count). The molecule has 6 heteroatoms.